The molecule has 0 saturated carbocycles. The van der Waals surface area contributed by atoms with E-state index in [9.17, 15) is 9.59 Å². The molecule has 0 aromatic heterocycles. The first-order chi connectivity index (χ1) is 5.57. The molecule has 0 spiro atoms. The van der Waals surface area contributed by atoms with Gasteiger partial charge in [-0.05, 0) is 13.8 Å². The topological polar surface area (TPSA) is 64.6 Å². The van der Waals surface area contributed by atoms with Gasteiger partial charge in [0.2, 0.25) is 0 Å². The molecule has 0 aliphatic rings. The Kier molecular flexibility index (Phi) is 4.52. The Bertz CT molecular complexity index is 200. The molecule has 0 saturated heterocycles. The van der Waals surface area contributed by atoms with Gasteiger partial charge in [0, 0.05) is 5.57 Å². The lowest BCUT2D eigenvalue weighted by Crippen LogP contribution is -2.27. The van der Waals surface area contributed by atoms with Gasteiger partial charge in [-0.15, -0.1) is 5.48 Å². The van der Waals surface area contributed by atoms with E-state index in [1.54, 1.807) is 5.48 Å². The van der Waals surface area contributed by atoms with Crippen molar-refractivity contribution < 1.29 is 19.2 Å². The van der Waals surface area contributed by atoms with E-state index < -0.39 is 12.1 Å². The number of hydrogen-bond acceptors (Lipinski definition) is 4. The third-order valence-corrected chi connectivity index (χ3v) is 0.800. The molecule has 5 heteroatoms. The first kappa shape index (κ1) is 10.5. The second kappa shape index (κ2) is 5.17. The quantitative estimate of drug-likeness (QED) is 0.497. The van der Waals surface area contributed by atoms with Crippen molar-refractivity contribution in [2.75, 3.05) is 0 Å². The fourth-order valence-corrected chi connectivity index (χ4v) is 0.306. The molecule has 0 aromatic carbocycles. The van der Waals surface area contributed by atoms with Gasteiger partial charge in [-0.2, -0.15) is 0 Å². The lowest BCUT2D eigenvalue weighted by molar-refractivity contribution is -0.144. The monoisotopic (exact) mass is 172 g/mol. The van der Waals surface area contributed by atoms with Crippen molar-refractivity contribution in [3.05, 3.63) is 18.8 Å². The highest BCUT2D eigenvalue weighted by molar-refractivity contribution is 5.87. The second-order valence-electron chi connectivity index (χ2n) is 1.91. The maximum atomic E-state index is 10.6. The van der Waals surface area contributed by atoms with Crippen LogP contribution >= 0.6 is 0 Å². The lowest BCUT2D eigenvalue weighted by atomic mass is 10.4. The molecule has 0 unspecified atom stereocenters. The maximum absolute atomic E-state index is 10.6. The second-order valence-corrected chi connectivity index (χ2v) is 1.91. The summed E-state index contributed by atoms with van der Waals surface area (Å²) < 4.78 is 4.29. The lowest BCUT2D eigenvalue weighted by Gasteiger charge is -2.03. The van der Waals surface area contributed by atoms with E-state index in [0.717, 1.165) is 6.61 Å². The van der Waals surface area contributed by atoms with Gasteiger partial charge in [-0.1, -0.05) is 6.58 Å². The molecule has 0 aliphatic heterocycles. The van der Waals surface area contributed by atoms with Crippen molar-refractivity contribution in [1.29, 1.82) is 0 Å². The van der Waals surface area contributed by atoms with Crippen LogP contribution in [0.5, 0.6) is 0 Å². The molecule has 12 heavy (non-hydrogen) atoms. The van der Waals surface area contributed by atoms with E-state index in [1.165, 1.54) is 13.8 Å². The fourth-order valence-electron chi connectivity index (χ4n) is 0.306. The van der Waals surface area contributed by atoms with Gasteiger partial charge >= 0.3 is 12.1 Å². The van der Waals surface area contributed by atoms with E-state index in [0.29, 0.717) is 0 Å². The smallest absolute Gasteiger partial charge is 0.441 e. The van der Waals surface area contributed by atoms with Crippen molar-refractivity contribution >= 4 is 12.1 Å². The SMILES string of the molecule is C=C(C)C(=O)ONC(=O)O[CH]C. The summed E-state index contributed by atoms with van der Waals surface area (Å²) >= 11 is 0. The van der Waals surface area contributed by atoms with Gasteiger partial charge in [-0.25, -0.2) is 9.59 Å². The van der Waals surface area contributed by atoms with Crippen molar-refractivity contribution in [2.45, 2.75) is 13.8 Å². The summed E-state index contributed by atoms with van der Waals surface area (Å²) in [6.45, 7) is 7.43. The van der Waals surface area contributed by atoms with Crippen molar-refractivity contribution in [3.8, 4) is 0 Å². The summed E-state index contributed by atoms with van der Waals surface area (Å²) in [5.74, 6) is -0.706. The molecule has 0 rings (SSSR count). The van der Waals surface area contributed by atoms with Gasteiger partial charge in [0.25, 0.3) is 0 Å². The number of carbonyl (C=O) groups excluding carboxylic acids is 2. The standard InChI is InChI=1S/C7H10NO4/c1-4-11-7(10)8-12-6(9)5(2)3/h4H,2H2,1,3H3,(H,8,10). The number of ether oxygens (including phenoxy) is 1. The molecule has 0 atom stereocenters. The Morgan fingerprint density at radius 3 is 2.50 bits per heavy atom. The average Bonchev–Trinajstić information content (AvgIpc) is 2.00. The summed E-state index contributed by atoms with van der Waals surface area (Å²) in [4.78, 5) is 25.4. The molecule has 0 bridgehead atoms. The Hall–Kier alpha value is -1.52. The first-order valence-electron chi connectivity index (χ1n) is 3.19. The zero-order valence-corrected chi connectivity index (χ0v) is 6.92. The normalized spacial score (nSPS) is 8.50. The molecule has 1 amide bonds. The number of hydroxylamine groups is 1. The molecular formula is C7H10NO4. The molecule has 0 fully saturated rings. The molecule has 5 nitrogen and oxygen atoms in total. The van der Waals surface area contributed by atoms with Gasteiger partial charge in [0.1, 0.15) is 6.61 Å². The molecule has 1 N–H and O–H groups in total. The number of carbonyl (C=O) groups is 2. The van der Waals surface area contributed by atoms with Gasteiger partial charge in [-0.3, -0.25) is 0 Å². The average molecular weight is 172 g/mol. The Labute approximate surface area is 70.3 Å². The minimum Gasteiger partial charge on any atom is -0.441 e. The van der Waals surface area contributed by atoms with E-state index in [-0.39, 0.29) is 5.57 Å². The Balaban J connectivity index is 3.61. The first-order valence-corrected chi connectivity index (χ1v) is 3.19. The third kappa shape index (κ3) is 4.32. The molecule has 67 valence electrons. The molecule has 0 heterocycles. The molecule has 0 aromatic rings. The summed E-state index contributed by atoms with van der Waals surface area (Å²) in [6.07, 6.45) is -0.855. The van der Waals surface area contributed by atoms with Crippen molar-refractivity contribution in [2.24, 2.45) is 0 Å². The van der Waals surface area contributed by atoms with Crippen LogP contribution in [0.3, 0.4) is 0 Å². The maximum Gasteiger partial charge on any atom is 0.441 e. The van der Waals surface area contributed by atoms with E-state index in [2.05, 4.69) is 16.2 Å². The number of amides is 1. The highest BCUT2D eigenvalue weighted by Gasteiger charge is 2.06. The summed E-state index contributed by atoms with van der Waals surface area (Å²) in [7, 11) is 0. The van der Waals surface area contributed by atoms with Gasteiger partial charge in [0.05, 0.1) is 0 Å². The predicted octanol–water partition coefficient (Wildman–Crippen LogP) is 0.929. The van der Waals surface area contributed by atoms with Crippen LogP contribution in [-0.2, 0) is 14.4 Å². The number of rotatable bonds is 2. The van der Waals surface area contributed by atoms with E-state index in [4.69, 9.17) is 0 Å². The number of nitrogens with one attached hydrogen (secondary N) is 1. The molecule has 0 aliphatic carbocycles. The summed E-state index contributed by atoms with van der Waals surface area (Å²) in [5, 5.41) is 0. The van der Waals surface area contributed by atoms with Crippen LogP contribution in [-0.4, -0.2) is 12.1 Å². The fraction of sp³-hybridized carbons (Fsp3) is 0.286. The van der Waals surface area contributed by atoms with Gasteiger partial charge < -0.3 is 9.57 Å². The summed E-state index contributed by atoms with van der Waals surface area (Å²) in [6, 6.07) is 0. The minimum absolute atomic E-state index is 0.191. The number of hydrogen-bond donors (Lipinski definition) is 1. The Morgan fingerprint density at radius 2 is 2.08 bits per heavy atom. The van der Waals surface area contributed by atoms with Crippen LogP contribution < -0.4 is 5.48 Å². The van der Waals surface area contributed by atoms with Crippen LogP contribution in [0.15, 0.2) is 12.2 Å². The van der Waals surface area contributed by atoms with Crippen LogP contribution in [0, 0.1) is 6.61 Å². The van der Waals surface area contributed by atoms with Crippen molar-refractivity contribution in [3.63, 3.8) is 0 Å². The third-order valence-electron chi connectivity index (χ3n) is 0.800. The van der Waals surface area contributed by atoms with Crippen LogP contribution in [0.25, 0.3) is 0 Å². The van der Waals surface area contributed by atoms with Crippen LogP contribution in [0.2, 0.25) is 0 Å². The van der Waals surface area contributed by atoms with Crippen LogP contribution in [0.4, 0.5) is 4.79 Å². The zero-order valence-electron chi connectivity index (χ0n) is 6.92. The van der Waals surface area contributed by atoms with E-state index >= 15 is 0 Å². The molecule has 1 radical (unpaired) electrons. The molecular weight excluding hydrogens is 162 g/mol. The minimum atomic E-state index is -0.855. The highest BCUT2D eigenvalue weighted by atomic mass is 16.7. The van der Waals surface area contributed by atoms with E-state index in [1.807, 2.05) is 0 Å². The van der Waals surface area contributed by atoms with Crippen molar-refractivity contribution in [1.82, 2.24) is 5.48 Å². The largest absolute Gasteiger partial charge is 0.441 e. The zero-order chi connectivity index (χ0) is 9.56. The Morgan fingerprint density at radius 1 is 1.50 bits per heavy atom. The van der Waals surface area contributed by atoms with Gasteiger partial charge in [0.15, 0.2) is 0 Å². The summed E-state index contributed by atoms with van der Waals surface area (Å²) in [5.41, 5.74) is 1.95. The highest BCUT2D eigenvalue weighted by Crippen LogP contribution is 1.89. The predicted molar refractivity (Wildman–Crippen MR) is 40.5 cm³/mol. The van der Waals surface area contributed by atoms with Crippen LogP contribution in [0.1, 0.15) is 13.8 Å².